The van der Waals surface area contributed by atoms with Crippen LogP contribution in [-0.2, 0) is 6.42 Å². The summed E-state index contributed by atoms with van der Waals surface area (Å²) in [5.74, 6) is 1.80. The Morgan fingerprint density at radius 2 is 2.07 bits per heavy atom. The number of aryl methyl sites for hydroxylation is 1. The van der Waals surface area contributed by atoms with Crippen molar-refractivity contribution in [2.75, 3.05) is 33.4 Å². The van der Waals surface area contributed by atoms with Crippen LogP contribution in [0.3, 0.4) is 0 Å². The summed E-state index contributed by atoms with van der Waals surface area (Å²) in [5.41, 5.74) is 11.9. The third-order valence-corrected chi connectivity index (χ3v) is 6.16. The van der Waals surface area contributed by atoms with Crippen molar-refractivity contribution in [3.63, 3.8) is 0 Å². The van der Waals surface area contributed by atoms with Gasteiger partial charge in [-0.05, 0) is 48.6 Å². The summed E-state index contributed by atoms with van der Waals surface area (Å²) in [6, 6.07) is 13.4. The maximum Gasteiger partial charge on any atom is 0.161 e. The van der Waals surface area contributed by atoms with Gasteiger partial charge in [-0.3, -0.25) is 4.90 Å². The highest BCUT2D eigenvalue weighted by atomic mass is 16.5. The van der Waals surface area contributed by atoms with E-state index in [4.69, 9.17) is 20.3 Å². The highest BCUT2D eigenvalue weighted by Crippen LogP contribution is 2.44. The molecule has 1 saturated heterocycles. The van der Waals surface area contributed by atoms with Gasteiger partial charge in [-0.2, -0.15) is 0 Å². The Bertz CT molecular complexity index is 839. The van der Waals surface area contributed by atoms with Gasteiger partial charge in [0.25, 0.3) is 0 Å². The van der Waals surface area contributed by atoms with Crippen LogP contribution < -0.4 is 15.2 Å². The number of rotatable bonds is 5. The first-order valence-electron chi connectivity index (χ1n) is 10.1. The van der Waals surface area contributed by atoms with Crippen LogP contribution in [0.25, 0.3) is 0 Å². The fourth-order valence-electron chi connectivity index (χ4n) is 4.75. The van der Waals surface area contributed by atoms with Gasteiger partial charge in [0.1, 0.15) is 6.61 Å². The first-order valence-corrected chi connectivity index (χ1v) is 10.1. The molecule has 0 amide bonds. The van der Waals surface area contributed by atoms with Gasteiger partial charge >= 0.3 is 0 Å². The molecule has 2 aliphatic rings. The van der Waals surface area contributed by atoms with Gasteiger partial charge in [0, 0.05) is 31.1 Å². The standard InChI is InChI=1S/C23H30N2O3/c1-15-4-3-5-16(10-15)19-14-25-7-6-17-11-23(28-9-8-26)22(27-2)12-18(17)21(25)13-20(19)24/h3-5,10-12,19-21,26H,6-9,13-14,24H2,1-2H3/t19-,20+,21+/m1/s1. The molecule has 0 aliphatic carbocycles. The second-order valence-corrected chi connectivity index (χ2v) is 7.95. The number of ether oxygens (including phenoxy) is 2. The van der Waals surface area contributed by atoms with Crippen molar-refractivity contribution in [3.8, 4) is 11.5 Å². The molecule has 0 spiro atoms. The molecule has 2 aromatic carbocycles. The Balaban J connectivity index is 1.61. The van der Waals surface area contributed by atoms with Crippen molar-refractivity contribution < 1.29 is 14.6 Å². The monoisotopic (exact) mass is 382 g/mol. The van der Waals surface area contributed by atoms with Crippen molar-refractivity contribution in [1.29, 1.82) is 0 Å². The summed E-state index contributed by atoms with van der Waals surface area (Å²) in [4.78, 5) is 2.58. The Morgan fingerprint density at radius 3 is 2.82 bits per heavy atom. The van der Waals surface area contributed by atoms with Gasteiger partial charge in [0.2, 0.25) is 0 Å². The van der Waals surface area contributed by atoms with Gasteiger partial charge < -0.3 is 20.3 Å². The molecule has 2 heterocycles. The van der Waals surface area contributed by atoms with Crippen LogP contribution >= 0.6 is 0 Å². The largest absolute Gasteiger partial charge is 0.493 e. The lowest BCUT2D eigenvalue weighted by Gasteiger charge is -2.46. The van der Waals surface area contributed by atoms with Crippen LogP contribution in [-0.4, -0.2) is 49.5 Å². The number of piperidine rings is 1. The zero-order chi connectivity index (χ0) is 19.7. The van der Waals surface area contributed by atoms with E-state index in [-0.39, 0.29) is 19.3 Å². The Morgan fingerprint density at radius 1 is 1.21 bits per heavy atom. The maximum absolute atomic E-state index is 9.06. The third kappa shape index (κ3) is 3.62. The maximum atomic E-state index is 9.06. The van der Waals surface area contributed by atoms with E-state index < -0.39 is 0 Å². The van der Waals surface area contributed by atoms with E-state index in [1.165, 1.54) is 22.3 Å². The molecule has 150 valence electrons. The summed E-state index contributed by atoms with van der Waals surface area (Å²) in [6.45, 7) is 4.42. The summed E-state index contributed by atoms with van der Waals surface area (Å²) < 4.78 is 11.2. The van der Waals surface area contributed by atoms with Gasteiger partial charge in [0.05, 0.1) is 13.7 Å². The highest BCUT2D eigenvalue weighted by Gasteiger charge is 2.38. The number of aliphatic hydroxyl groups excluding tert-OH is 1. The normalized spacial score (nSPS) is 24.4. The fraction of sp³-hybridized carbons (Fsp3) is 0.478. The average Bonchev–Trinajstić information content (AvgIpc) is 2.71. The zero-order valence-electron chi connectivity index (χ0n) is 16.7. The van der Waals surface area contributed by atoms with E-state index in [0.29, 0.717) is 17.7 Å². The molecule has 28 heavy (non-hydrogen) atoms. The van der Waals surface area contributed by atoms with E-state index in [1.807, 2.05) is 0 Å². The zero-order valence-corrected chi connectivity index (χ0v) is 16.7. The lowest BCUT2D eigenvalue weighted by Crippen LogP contribution is -2.49. The van der Waals surface area contributed by atoms with Crippen LogP contribution in [0.15, 0.2) is 36.4 Å². The first-order chi connectivity index (χ1) is 13.6. The van der Waals surface area contributed by atoms with Gasteiger partial charge in [0.15, 0.2) is 11.5 Å². The lowest BCUT2D eigenvalue weighted by molar-refractivity contribution is 0.109. The summed E-state index contributed by atoms with van der Waals surface area (Å²) in [5, 5.41) is 9.06. The number of hydrogen-bond donors (Lipinski definition) is 2. The number of fused-ring (bicyclic) bond motifs is 3. The Hall–Kier alpha value is -2.08. The molecule has 2 aromatic rings. The molecule has 4 rings (SSSR count). The molecule has 0 saturated carbocycles. The molecular weight excluding hydrogens is 352 g/mol. The Labute approximate surface area is 167 Å². The SMILES string of the molecule is COc1cc2c(cc1OCCO)CCN1C[C@H](c3cccc(C)c3)[C@@H](N)C[C@@H]21. The third-order valence-electron chi connectivity index (χ3n) is 6.16. The number of nitrogens with two attached hydrogens (primary N) is 1. The number of benzene rings is 2. The van der Waals surface area contributed by atoms with Crippen LogP contribution in [0, 0.1) is 6.92 Å². The van der Waals surface area contributed by atoms with Crippen molar-refractivity contribution >= 4 is 0 Å². The van der Waals surface area contributed by atoms with E-state index >= 15 is 0 Å². The van der Waals surface area contributed by atoms with E-state index in [9.17, 15) is 0 Å². The van der Waals surface area contributed by atoms with E-state index in [2.05, 4.69) is 48.2 Å². The average molecular weight is 383 g/mol. The minimum atomic E-state index is -0.00809. The highest BCUT2D eigenvalue weighted by molar-refractivity contribution is 5.50. The van der Waals surface area contributed by atoms with Crippen LogP contribution in [0.4, 0.5) is 0 Å². The van der Waals surface area contributed by atoms with Crippen LogP contribution in [0.2, 0.25) is 0 Å². The molecule has 3 atom stereocenters. The molecular formula is C23H30N2O3. The molecule has 3 N–H and O–H groups in total. The summed E-state index contributed by atoms with van der Waals surface area (Å²) >= 11 is 0. The number of methoxy groups -OCH3 is 1. The molecule has 0 unspecified atom stereocenters. The summed E-state index contributed by atoms with van der Waals surface area (Å²) in [6.07, 6.45) is 1.92. The molecule has 0 radical (unpaired) electrons. The molecule has 1 fully saturated rings. The minimum absolute atomic E-state index is 0.00809. The molecule has 0 aromatic heterocycles. The van der Waals surface area contributed by atoms with E-state index in [0.717, 1.165) is 31.7 Å². The first kappa shape index (κ1) is 19.2. The second-order valence-electron chi connectivity index (χ2n) is 7.95. The molecule has 5 nitrogen and oxygen atoms in total. The second kappa shape index (κ2) is 8.11. The molecule has 2 aliphatic heterocycles. The van der Waals surface area contributed by atoms with E-state index in [1.54, 1.807) is 7.11 Å². The van der Waals surface area contributed by atoms with Crippen molar-refractivity contribution in [2.24, 2.45) is 5.73 Å². The van der Waals surface area contributed by atoms with Crippen molar-refractivity contribution in [1.82, 2.24) is 4.90 Å². The smallest absolute Gasteiger partial charge is 0.161 e. The summed E-state index contributed by atoms with van der Waals surface area (Å²) in [7, 11) is 1.66. The Kier molecular flexibility index (Phi) is 5.58. The molecule has 5 heteroatoms. The van der Waals surface area contributed by atoms with Crippen LogP contribution in [0.1, 0.15) is 40.6 Å². The van der Waals surface area contributed by atoms with Gasteiger partial charge in [-0.1, -0.05) is 29.8 Å². The number of aliphatic hydroxyl groups is 1. The number of nitrogens with zero attached hydrogens (tertiary/aromatic N) is 1. The van der Waals surface area contributed by atoms with Gasteiger partial charge in [-0.15, -0.1) is 0 Å². The minimum Gasteiger partial charge on any atom is -0.493 e. The van der Waals surface area contributed by atoms with Crippen LogP contribution in [0.5, 0.6) is 11.5 Å². The topological polar surface area (TPSA) is 68.0 Å². The van der Waals surface area contributed by atoms with Gasteiger partial charge in [-0.25, -0.2) is 0 Å². The lowest BCUT2D eigenvalue weighted by atomic mass is 9.78. The predicted molar refractivity (Wildman–Crippen MR) is 110 cm³/mol. The number of hydrogen-bond acceptors (Lipinski definition) is 5. The quantitative estimate of drug-likeness (QED) is 0.832. The predicted octanol–water partition coefficient (Wildman–Crippen LogP) is 2.79. The molecule has 0 bridgehead atoms. The van der Waals surface area contributed by atoms with Crippen molar-refractivity contribution in [2.45, 2.75) is 37.8 Å². The fourth-order valence-corrected chi connectivity index (χ4v) is 4.75. The van der Waals surface area contributed by atoms with Crippen molar-refractivity contribution in [3.05, 3.63) is 58.7 Å².